The minimum Gasteiger partial charge on any atom is -0.475 e. The maximum Gasteiger partial charge on any atom is 0.490 e. The Morgan fingerprint density at radius 2 is 1.94 bits per heavy atom. The fourth-order valence-electron chi connectivity index (χ4n) is 4.36. The number of aliphatic carboxylic acids is 1. The van der Waals surface area contributed by atoms with Crippen LogP contribution in [0.2, 0.25) is 0 Å². The first-order chi connectivity index (χ1) is 14.4. The Bertz CT molecular complexity index is 972. The van der Waals surface area contributed by atoms with Gasteiger partial charge in [0.05, 0.1) is 13.2 Å². The van der Waals surface area contributed by atoms with Gasteiger partial charge in [-0.15, -0.1) is 0 Å². The number of amides is 1. The number of para-hydroxylation sites is 1. The van der Waals surface area contributed by atoms with Crippen molar-refractivity contribution >= 4 is 22.8 Å². The molecule has 2 aromatic rings. The molecule has 0 aliphatic carbocycles. The molecule has 0 spiro atoms. The van der Waals surface area contributed by atoms with Gasteiger partial charge in [0.25, 0.3) is 5.91 Å². The number of hydrogen-bond donors (Lipinski definition) is 1. The molecule has 1 N–H and O–H groups in total. The number of furan rings is 1. The second kappa shape index (κ2) is 8.51. The smallest absolute Gasteiger partial charge is 0.475 e. The van der Waals surface area contributed by atoms with E-state index in [1.807, 2.05) is 36.1 Å². The van der Waals surface area contributed by atoms with Crippen LogP contribution in [-0.4, -0.2) is 79.9 Å². The van der Waals surface area contributed by atoms with Gasteiger partial charge in [-0.25, -0.2) is 4.79 Å². The number of carbonyl (C=O) groups excluding carboxylic acids is 1. The molecule has 2 aliphatic heterocycles. The minimum atomic E-state index is -5.08. The number of carboxylic acids is 1. The number of carboxylic acid groups (broad SMARTS) is 1. The van der Waals surface area contributed by atoms with Gasteiger partial charge in [0.1, 0.15) is 5.58 Å². The molecule has 31 heavy (non-hydrogen) atoms. The van der Waals surface area contributed by atoms with E-state index in [4.69, 9.17) is 19.1 Å². The summed E-state index contributed by atoms with van der Waals surface area (Å²) in [4.78, 5) is 26.1. The molecular formula is C21H25F3N2O5. The van der Waals surface area contributed by atoms with Gasteiger partial charge in [0.2, 0.25) is 0 Å². The van der Waals surface area contributed by atoms with Gasteiger partial charge in [-0.3, -0.25) is 4.79 Å². The van der Waals surface area contributed by atoms with Gasteiger partial charge in [0.15, 0.2) is 5.76 Å². The van der Waals surface area contributed by atoms with Crippen LogP contribution in [0.25, 0.3) is 11.0 Å². The maximum absolute atomic E-state index is 13.1. The molecule has 0 radical (unpaired) electrons. The van der Waals surface area contributed by atoms with E-state index >= 15 is 0 Å². The molecule has 0 bridgehead atoms. The zero-order valence-corrected chi connectivity index (χ0v) is 17.5. The molecule has 4 rings (SSSR count). The van der Waals surface area contributed by atoms with Crippen molar-refractivity contribution in [1.29, 1.82) is 0 Å². The molecule has 1 amide bonds. The Hall–Kier alpha value is -2.59. The van der Waals surface area contributed by atoms with E-state index in [9.17, 15) is 18.0 Å². The molecule has 2 aliphatic rings. The van der Waals surface area contributed by atoms with E-state index in [2.05, 4.69) is 19.0 Å². The molecule has 2 fully saturated rings. The number of rotatable bonds is 3. The summed E-state index contributed by atoms with van der Waals surface area (Å²) in [5.74, 6) is -1.85. The number of ether oxygens (including phenoxy) is 1. The molecule has 2 saturated heterocycles. The average Bonchev–Trinajstić information content (AvgIpc) is 3.31. The maximum atomic E-state index is 13.1. The molecule has 3 heterocycles. The SMILES string of the molecule is Cc1c(C(=O)N2C[C@@H]3COC[C@]3(CN(C)C)C2)oc2ccccc12.O=C(O)C(F)(F)F. The van der Waals surface area contributed by atoms with Crippen molar-refractivity contribution in [3.05, 3.63) is 35.6 Å². The van der Waals surface area contributed by atoms with Crippen molar-refractivity contribution in [3.8, 4) is 0 Å². The van der Waals surface area contributed by atoms with Crippen LogP contribution in [0.3, 0.4) is 0 Å². The van der Waals surface area contributed by atoms with Crippen LogP contribution in [0.5, 0.6) is 0 Å². The van der Waals surface area contributed by atoms with Gasteiger partial charge in [0, 0.05) is 41.9 Å². The number of alkyl halides is 3. The third-order valence-corrected chi connectivity index (χ3v) is 5.72. The fourth-order valence-corrected chi connectivity index (χ4v) is 4.36. The lowest BCUT2D eigenvalue weighted by molar-refractivity contribution is -0.192. The summed E-state index contributed by atoms with van der Waals surface area (Å²) in [6, 6.07) is 7.83. The molecule has 0 unspecified atom stereocenters. The van der Waals surface area contributed by atoms with E-state index in [0.29, 0.717) is 11.7 Å². The van der Waals surface area contributed by atoms with Crippen LogP contribution in [0.1, 0.15) is 16.1 Å². The number of nitrogens with zero attached hydrogens (tertiary/aromatic N) is 2. The molecule has 7 nitrogen and oxygen atoms in total. The molecule has 0 saturated carbocycles. The van der Waals surface area contributed by atoms with Crippen molar-refractivity contribution in [3.63, 3.8) is 0 Å². The first kappa shape index (κ1) is 23.1. The lowest BCUT2D eigenvalue weighted by Crippen LogP contribution is -2.41. The molecule has 10 heteroatoms. The summed E-state index contributed by atoms with van der Waals surface area (Å²) < 4.78 is 43.3. The van der Waals surface area contributed by atoms with E-state index in [1.165, 1.54) is 0 Å². The zero-order chi connectivity index (χ0) is 23.0. The van der Waals surface area contributed by atoms with Gasteiger partial charge in [-0.1, -0.05) is 18.2 Å². The molecule has 2 atom stereocenters. The largest absolute Gasteiger partial charge is 0.490 e. The third-order valence-electron chi connectivity index (χ3n) is 5.72. The number of halogens is 3. The second-order valence-corrected chi connectivity index (χ2v) is 8.35. The average molecular weight is 442 g/mol. The molecule has 170 valence electrons. The highest BCUT2D eigenvalue weighted by Crippen LogP contribution is 2.42. The summed E-state index contributed by atoms with van der Waals surface area (Å²) in [7, 11) is 4.16. The number of hydrogen-bond acceptors (Lipinski definition) is 5. The molecule has 1 aromatic carbocycles. The van der Waals surface area contributed by atoms with Crippen LogP contribution >= 0.6 is 0 Å². The van der Waals surface area contributed by atoms with Crippen LogP contribution in [0, 0.1) is 18.3 Å². The third kappa shape index (κ3) is 4.69. The zero-order valence-electron chi connectivity index (χ0n) is 17.5. The van der Waals surface area contributed by atoms with Crippen molar-refractivity contribution in [2.24, 2.45) is 11.3 Å². The Morgan fingerprint density at radius 1 is 1.29 bits per heavy atom. The Morgan fingerprint density at radius 3 is 2.52 bits per heavy atom. The number of likely N-dealkylation sites (tertiary alicyclic amines) is 1. The summed E-state index contributed by atoms with van der Waals surface area (Å²) in [6.45, 7) is 5.89. The summed E-state index contributed by atoms with van der Waals surface area (Å²) in [5.41, 5.74) is 1.77. The number of carbonyl (C=O) groups is 2. The normalized spacial score (nSPS) is 23.1. The Balaban J connectivity index is 0.000000339. The standard InChI is InChI=1S/C19H24N2O3.C2HF3O2/c1-13-15-6-4-5-7-16(15)24-17(13)18(22)21-8-14-9-23-12-19(14,11-21)10-20(2)3;3-2(4,5)1(6)7/h4-7,14H,8-12H2,1-3H3;(H,6,7)/t14-,19+;/m1./s1. The predicted molar refractivity (Wildman–Crippen MR) is 106 cm³/mol. The minimum absolute atomic E-state index is 0.0104. The van der Waals surface area contributed by atoms with Gasteiger partial charge in [-0.2, -0.15) is 13.2 Å². The van der Waals surface area contributed by atoms with Crippen LogP contribution < -0.4 is 0 Å². The van der Waals surface area contributed by atoms with E-state index < -0.39 is 12.1 Å². The van der Waals surface area contributed by atoms with Gasteiger partial charge < -0.3 is 24.1 Å². The first-order valence-electron chi connectivity index (χ1n) is 9.74. The number of fused-ring (bicyclic) bond motifs is 2. The monoisotopic (exact) mass is 442 g/mol. The highest BCUT2D eigenvalue weighted by atomic mass is 19.4. The van der Waals surface area contributed by atoms with Gasteiger partial charge >= 0.3 is 12.1 Å². The molecule has 1 aromatic heterocycles. The highest BCUT2D eigenvalue weighted by molar-refractivity contribution is 5.99. The van der Waals surface area contributed by atoms with Crippen molar-refractivity contribution in [2.75, 3.05) is 46.9 Å². The lowest BCUT2D eigenvalue weighted by Gasteiger charge is -2.30. The fraction of sp³-hybridized carbons (Fsp3) is 0.524. The predicted octanol–water partition coefficient (Wildman–Crippen LogP) is 3.02. The first-order valence-corrected chi connectivity index (χ1v) is 9.74. The Labute approximate surface area is 177 Å². The van der Waals surface area contributed by atoms with E-state index in [-0.39, 0.29) is 11.3 Å². The second-order valence-electron chi connectivity index (χ2n) is 8.35. The van der Waals surface area contributed by atoms with Gasteiger partial charge in [-0.05, 0) is 27.1 Å². The quantitative estimate of drug-likeness (QED) is 0.787. The summed E-state index contributed by atoms with van der Waals surface area (Å²) in [6.07, 6.45) is -5.08. The highest BCUT2D eigenvalue weighted by Gasteiger charge is 2.52. The summed E-state index contributed by atoms with van der Waals surface area (Å²) in [5, 5.41) is 8.14. The van der Waals surface area contributed by atoms with E-state index in [0.717, 1.165) is 49.4 Å². The topological polar surface area (TPSA) is 83.2 Å². The van der Waals surface area contributed by atoms with Crippen LogP contribution in [0.15, 0.2) is 28.7 Å². The van der Waals surface area contributed by atoms with Crippen molar-refractivity contribution in [2.45, 2.75) is 13.1 Å². The molecular weight excluding hydrogens is 417 g/mol. The Kier molecular flexibility index (Phi) is 6.33. The number of benzene rings is 1. The number of aryl methyl sites for hydroxylation is 1. The van der Waals surface area contributed by atoms with Crippen LogP contribution in [-0.2, 0) is 9.53 Å². The van der Waals surface area contributed by atoms with Crippen LogP contribution in [0.4, 0.5) is 13.2 Å². The van der Waals surface area contributed by atoms with Crippen molar-refractivity contribution < 1.29 is 37.0 Å². The summed E-state index contributed by atoms with van der Waals surface area (Å²) >= 11 is 0. The lowest BCUT2D eigenvalue weighted by atomic mass is 9.81. The van der Waals surface area contributed by atoms with Crippen molar-refractivity contribution in [1.82, 2.24) is 9.80 Å². The van der Waals surface area contributed by atoms with E-state index in [1.54, 1.807) is 0 Å².